The molecule has 40 heavy (non-hydrogen) atoms. The molecule has 9 nitrogen and oxygen atoms in total. The van der Waals surface area contributed by atoms with E-state index in [-0.39, 0.29) is 17.4 Å². The molecule has 0 saturated heterocycles. The third-order valence-electron chi connectivity index (χ3n) is 6.32. The molecule has 0 bridgehead atoms. The first-order valence-electron chi connectivity index (χ1n) is 12.8. The number of nitriles is 1. The summed E-state index contributed by atoms with van der Waals surface area (Å²) in [6.07, 6.45) is 3.50. The number of carbonyl (C=O) groups is 2. The number of fused-ring (bicyclic) bond motifs is 1. The average Bonchev–Trinajstić information content (AvgIpc) is 2.89. The second kappa shape index (κ2) is 11.9. The third-order valence-corrected chi connectivity index (χ3v) is 6.63. The molecule has 2 heterocycles. The minimum Gasteiger partial charge on any atom is -0.444 e. The van der Waals surface area contributed by atoms with E-state index in [0.717, 1.165) is 22.0 Å². The number of aromatic nitrogens is 2. The zero-order valence-corrected chi connectivity index (χ0v) is 23.2. The van der Waals surface area contributed by atoms with Crippen LogP contribution in [0.1, 0.15) is 43.9 Å². The molecule has 4 rings (SSSR count). The fourth-order valence-corrected chi connectivity index (χ4v) is 4.56. The molecule has 208 valence electrons. The lowest BCUT2D eigenvalue weighted by Gasteiger charge is -2.29. The lowest BCUT2D eigenvalue weighted by Crippen LogP contribution is -2.39. The molecule has 0 fully saturated rings. The van der Waals surface area contributed by atoms with Gasteiger partial charge in [0.15, 0.2) is 0 Å². The summed E-state index contributed by atoms with van der Waals surface area (Å²) >= 11 is 6.05. The Morgan fingerprint density at radius 3 is 2.67 bits per heavy atom. The molecule has 2 aromatic carbocycles. The summed E-state index contributed by atoms with van der Waals surface area (Å²) in [7, 11) is 0. The second-order valence-electron chi connectivity index (χ2n) is 10.5. The first-order chi connectivity index (χ1) is 18.9. The van der Waals surface area contributed by atoms with Gasteiger partial charge in [-0.2, -0.15) is 5.26 Å². The van der Waals surface area contributed by atoms with Crippen molar-refractivity contribution in [3.05, 3.63) is 80.6 Å². The van der Waals surface area contributed by atoms with Crippen molar-refractivity contribution in [3.8, 4) is 6.07 Å². The first-order valence-corrected chi connectivity index (χ1v) is 13.1. The van der Waals surface area contributed by atoms with Crippen LogP contribution in [0.5, 0.6) is 0 Å². The monoisotopic (exact) mass is 565 g/mol. The SMILES string of the molecule is CC(C)(C)OC(=O)N1CC=C(c2cc(F)c3ncn(CC(=O)NCCc4ccc(C#N)c(Cl)c4)c(=O)c3c2)CC1. The summed E-state index contributed by atoms with van der Waals surface area (Å²) in [5, 5.41) is 12.1. The lowest BCUT2D eigenvalue weighted by molar-refractivity contribution is -0.121. The van der Waals surface area contributed by atoms with Gasteiger partial charge in [-0.25, -0.2) is 14.2 Å². The normalized spacial score (nSPS) is 13.5. The number of ether oxygens (including phenoxy) is 1. The summed E-state index contributed by atoms with van der Waals surface area (Å²) < 4.78 is 21.5. The summed E-state index contributed by atoms with van der Waals surface area (Å²) in [5.41, 5.74) is 1.34. The van der Waals surface area contributed by atoms with E-state index in [9.17, 15) is 18.8 Å². The van der Waals surface area contributed by atoms with Crippen LogP contribution < -0.4 is 10.9 Å². The van der Waals surface area contributed by atoms with Crippen molar-refractivity contribution < 1.29 is 18.7 Å². The van der Waals surface area contributed by atoms with Crippen molar-refractivity contribution in [1.29, 1.82) is 5.26 Å². The number of nitrogens with zero attached hydrogens (tertiary/aromatic N) is 4. The summed E-state index contributed by atoms with van der Waals surface area (Å²) in [6, 6.07) is 9.95. The molecule has 0 atom stereocenters. The van der Waals surface area contributed by atoms with Crippen LogP contribution in [0.25, 0.3) is 16.5 Å². The Kier molecular flexibility index (Phi) is 8.55. The van der Waals surface area contributed by atoms with Gasteiger partial charge in [-0.15, -0.1) is 0 Å². The first kappa shape index (κ1) is 28.8. The molecule has 1 N–H and O–H groups in total. The Bertz CT molecular complexity index is 1600. The third kappa shape index (κ3) is 6.85. The smallest absolute Gasteiger partial charge is 0.410 e. The summed E-state index contributed by atoms with van der Waals surface area (Å²) in [4.78, 5) is 43.7. The van der Waals surface area contributed by atoms with Crippen LogP contribution in [0.3, 0.4) is 0 Å². The van der Waals surface area contributed by atoms with E-state index in [1.807, 2.05) is 12.1 Å². The van der Waals surface area contributed by atoms with Crippen molar-refractivity contribution in [3.63, 3.8) is 0 Å². The topological polar surface area (TPSA) is 117 Å². The van der Waals surface area contributed by atoms with Gasteiger partial charge in [0.2, 0.25) is 5.91 Å². The number of rotatable bonds is 6. The number of carbonyl (C=O) groups excluding carboxylic acids is 2. The molecule has 0 aliphatic carbocycles. The molecule has 1 aliphatic heterocycles. The van der Waals surface area contributed by atoms with Crippen molar-refractivity contribution >= 4 is 40.1 Å². The molecule has 2 amide bonds. The molecule has 0 spiro atoms. The van der Waals surface area contributed by atoms with Crippen molar-refractivity contribution in [1.82, 2.24) is 19.8 Å². The Labute approximate surface area is 235 Å². The van der Waals surface area contributed by atoms with Crippen molar-refractivity contribution in [2.45, 2.75) is 45.8 Å². The molecule has 1 aromatic heterocycles. The van der Waals surface area contributed by atoms with Crippen molar-refractivity contribution in [2.24, 2.45) is 0 Å². The highest BCUT2D eigenvalue weighted by Crippen LogP contribution is 2.27. The van der Waals surface area contributed by atoms with E-state index in [2.05, 4.69) is 10.3 Å². The molecule has 0 unspecified atom stereocenters. The largest absolute Gasteiger partial charge is 0.444 e. The van der Waals surface area contributed by atoms with Gasteiger partial charge in [0, 0.05) is 19.6 Å². The van der Waals surface area contributed by atoms with E-state index >= 15 is 0 Å². The van der Waals surface area contributed by atoms with Gasteiger partial charge in [-0.3, -0.25) is 14.2 Å². The minimum atomic E-state index is -0.641. The van der Waals surface area contributed by atoms with Gasteiger partial charge in [-0.05, 0) is 74.6 Å². The predicted octanol–water partition coefficient (Wildman–Crippen LogP) is 4.44. The van der Waals surface area contributed by atoms with Crippen LogP contribution in [0, 0.1) is 17.1 Å². The molecule has 11 heteroatoms. The average molecular weight is 566 g/mol. The summed E-state index contributed by atoms with van der Waals surface area (Å²) in [5.74, 6) is -1.05. The van der Waals surface area contributed by atoms with Gasteiger partial charge >= 0.3 is 6.09 Å². The number of halogens is 2. The van der Waals surface area contributed by atoms with Crippen LogP contribution in [0.2, 0.25) is 5.02 Å². The Balaban J connectivity index is 1.44. The maximum Gasteiger partial charge on any atom is 0.410 e. The van der Waals surface area contributed by atoms with Gasteiger partial charge in [0.05, 0.1) is 22.3 Å². The number of amides is 2. The van der Waals surface area contributed by atoms with E-state index in [1.165, 1.54) is 6.07 Å². The van der Waals surface area contributed by atoms with Gasteiger partial charge in [0.25, 0.3) is 5.56 Å². The van der Waals surface area contributed by atoms with Crippen LogP contribution in [-0.4, -0.2) is 51.7 Å². The molecule has 0 saturated carbocycles. The quantitative estimate of drug-likeness (QED) is 0.472. The molecule has 0 radical (unpaired) electrons. The second-order valence-corrected chi connectivity index (χ2v) is 10.9. The maximum absolute atomic E-state index is 14.9. The van der Waals surface area contributed by atoms with Gasteiger partial charge < -0.3 is 15.0 Å². The van der Waals surface area contributed by atoms with Crippen LogP contribution in [0.15, 0.2) is 47.5 Å². The van der Waals surface area contributed by atoms with E-state index < -0.39 is 29.0 Å². The van der Waals surface area contributed by atoms with Gasteiger partial charge in [-0.1, -0.05) is 23.7 Å². The number of benzene rings is 2. The maximum atomic E-state index is 14.9. The minimum absolute atomic E-state index is 0.0630. The van der Waals surface area contributed by atoms with Crippen LogP contribution in [0.4, 0.5) is 9.18 Å². The Morgan fingerprint density at radius 2 is 2.02 bits per heavy atom. The molecule has 1 aliphatic rings. The van der Waals surface area contributed by atoms with E-state index in [4.69, 9.17) is 21.6 Å². The number of nitrogens with one attached hydrogen (secondary N) is 1. The number of hydrogen-bond donors (Lipinski definition) is 1. The Morgan fingerprint density at radius 1 is 1.25 bits per heavy atom. The fraction of sp³-hybridized carbons (Fsp3) is 0.345. The van der Waals surface area contributed by atoms with E-state index in [0.29, 0.717) is 48.6 Å². The highest BCUT2D eigenvalue weighted by molar-refractivity contribution is 6.31. The predicted molar refractivity (Wildman–Crippen MR) is 149 cm³/mol. The van der Waals surface area contributed by atoms with E-state index in [1.54, 1.807) is 49.9 Å². The lowest BCUT2D eigenvalue weighted by atomic mass is 9.98. The molecule has 3 aromatic rings. The van der Waals surface area contributed by atoms with Crippen molar-refractivity contribution in [2.75, 3.05) is 19.6 Å². The molecular formula is C29H29ClFN5O4. The number of hydrogen-bond acceptors (Lipinski definition) is 6. The van der Waals surface area contributed by atoms with Gasteiger partial charge in [0.1, 0.15) is 29.5 Å². The highest BCUT2D eigenvalue weighted by atomic mass is 35.5. The zero-order valence-electron chi connectivity index (χ0n) is 22.5. The molecular weight excluding hydrogens is 537 g/mol. The highest BCUT2D eigenvalue weighted by Gasteiger charge is 2.24. The van der Waals surface area contributed by atoms with Crippen LogP contribution >= 0.6 is 11.6 Å². The fourth-order valence-electron chi connectivity index (χ4n) is 4.31. The zero-order chi connectivity index (χ0) is 29.0. The van der Waals surface area contributed by atoms with Crippen LogP contribution in [-0.2, 0) is 22.5 Å². The summed E-state index contributed by atoms with van der Waals surface area (Å²) in [6.45, 7) is 6.10. The Hall–Kier alpha value is -4.23. The standard InChI is InChI=1S/C29H29ClFN5O4/c1-29(2,3)40-28(39)35-10-7-19(8-11-35)21-13-22-26(24(31)14-21)34-17-36(27(22)38)16-25(37)33-9-6-18-4-5-20(15-32)23(30)12-18/h4-5,7,12-14,17H,6,8-11,16H2,1-3H3,(H,33,37).